The molecule has 0 heterocycles. The summed E-state index contributed by atoms with van der Waals surface area (Å²) < 4.78 is 0. The summed E-state index contributed by atoms with van der Waals surface area (Å²) in [6.45, 7) is 6.40. The second kappa shape index (κ2) is 13.4. The highest BCUT2D eigenvalue weighted by molar-refractivity contribution is 5.69. The Kier molecular flexibility index (Phi) is 15.1. The van der Waals surface area contributed by atoms with Crippen LogP contribution in [0.2, 0.25) is 0 Å². The maximum atomic E-state index is 10.4. The van der Waals surface area contributed by atoms with Crippen molar-refractivity contribution in [3.8, 4) is 0 Å². The van der Waals surface area contributed by atoms with Gasteiger partial charge in [0.2, 0.25) is 0 Å². The number of aliphatic hydroxyl groups excluding tert-OH is 1. The van der Waals surface area contributed by atoms with E-state index >= 15 is 0 Å². The van der Waals surface area contributed by atoms with E-state index in [1.165, 1.54) is 0 Å². The second-order valence-corrected chi connectivity index (χ2v) is 3.66. The first kappa shape index (κ1) is 16.8. The Labute approximate surface area is 93.5 Å². The molecule has 0 aliphatic carbocycles. The molecule has 3 nitrogen and oxygen atoms in total. The molecule has 0 aromatic carbocycles. The van der Waals surface area contributed by atoms with Crippen LogP contribution in [-0.2, 0) is 4.79 Å². The highest BCUT2D eigenvalue weighted by atomic mass is 16.4. The molecule has 0 saturated heterocycles. The monoisotopic (exact) mass is 218 g/mol. The van der Waals surface area contributed by atoms with Gasteiger partial charge < -0.3 is 10.2 Å². The quantitative estimate of drug-likeness (QED) is 0.690. The zero-order valence-electron chi connectivity index (χ0n) is 10.3. The van der Waals surface area contributed by atoms with Crippen LogP contribution in [-0.4, -0.2) is 22.8 Å². The standard InChI is InChI=1S/C8H16O2.C4H10O/c1-3-5-6-7(4-2)8(9)10;1-2-3-4-5/h7H,3-6H2,1-2H3,(H,9,10);5H,2-4H2,1H3. The van der Waals surface area contributed by atoms with Gasteiger partial charge in [-0.2, -0.15) is 0 Å². The molecule has 3 heteroatoms. The number of carbonyl (C=O) groups is 1. The molecular weight excluding hydrogens is 192 g/mol. The number of carboxylic acids is 1. The lowest BCUT2D eigenvalue weighted by molar-refractivity contribution is -0.142. The van der Waals surface area contributed by atoms with Crippen molar-refractivity contribution in [2.45, 2.75) is 59.3 Å². The fraction of sp³-hybridized carbons (Fsp3) is 0.917. The summed E-state index contributed by atoms with van der Waals surface area (Å²) >= 11 is 0. The molecule has 92 valence electrons. The number of hydrogen-bond acceptors (Lipinski definition) is 2. The number of aliphatic carboxylic acids is 1. The lowest BCUT2D eigenvalue weighted by Gasteiger charge is -2.06. The topological polar surface area (TPSA) is 57.5 Å². The van der Waals surface area contributed by atoms with Crippen molar-refractivity contribution in [2.75, 3.05) is 6.61 Å². The zero-order valence-corrected chi connectivity index (χ0v) is 10.3. The van der Waals surface area contributed by atoms with Gasteiger partial charge in [0.05, 0.1) is 5.92 Å². The minimum atomic E-state index is -0.643. The van der Waals surface area contributed by atoms with Crippen LogP contribution in [0.15, 0.2) is 0 Å². The van der Waals surface area contributed by atoms with Crippen LogP contribution >= 0.6 is 0 Å². The van der Waals surface area contributed by atoms with Gasteiger partial charge in [0.1, 0.15) is 0 Å². The van der Waals surface area contributed by atoms with Gasteiger partial charge >= 0.3 is 5.97 Å². The molecule has 0 rings (SSSR count). The molecule has 0 fully saturated rings. The highest BCUT2D eigenvalue weighted by Crippen LogP contribution is 2.11. The highest BCUT2D eigenvalue weighted by Gasteiger charge is 2.12. The first-order valence-corrected chi connectivity index (χ1v) is 5.97. The molecule has 0 amide bonds. The summed E-state index contributed by atoms with van der Waals surface area (Å²) in [5.74, 6) is -0.754. The van der Waals surface area contributed by atoms with Gasteiger partial charge in [-0.1, -0.05) is 40.0 Å². The average molecular weight is 218 g/mol. The van der Waals surface area contributed by atoms with Crippen LogP contribution in [0.4, 0.5) is 0 Å². The molecule has 1 unspecified atom stereocenters. The normalized spacial score (nSPS) is 11.5. The van der Waals surface area contributed by atoms with Crippen LogP contribution in [0, 0.1) is 5.92 Å². The van der Waals surface area contributed by atoms with E-state index in [-0.39, 0.29) is 5.92 Å². The van der Waals surface area contributed by atoms with Crippen molar-refractivity contribution in [3.05, 3.63) is 0 Å². The Hall–Kier alpha value is -0.570. The molecule has 0 aliphatic heterocycles. The van der Waals surface area contributed by atoms with E-state index in [4.69, 9.17) is 10.2 Å². The number of rotatable bonds is 7. The van der Waals surface area contributed by atoms with E-state index in [0.717, 1.165) is 38.5 Å². The minimum Gasteiger partial charge on any atom is -0.481 e. The summed E-state index contributed by atoms with van der Waals surface area (Å²) in [6, 6.07) is 0. The van der Waals surface area contributed by atoms with E-state index < -0.39 is 5.97 Å². The summed E-state index contributed by atoms with van der Waals surface area (Å²) in [7, 11) is 0. The SMILES string of the molecule is CCCCC(CC)C(=O)O.CCCCO. The molecule has 0 bridgehead atoms. The number of unbranched alkanes of at least 4 members (excludes halogenated alkanes) is 2. The molecule has 0 spiro atoms. The Morgan fingerprint density at radius 3 is 1.87 bits per heavy atom. The third-order valence-electron chi connectivity index (χ3n) is 2.26. The lowest BCUT2D eigenvalue weighted by atomic mass is 10.00. The van der Waals surface area contributed by atoms with Gasteiger partial charge in [0.15, 0.2) is 0 Å². The van der Waals surface area contributed by atoms with Crippen molar-refractivity contribution < 1.29 is 15.0 Å². The maximum Gasteiger partial charge on any atom is 0.306 e. The Morgan fingerprint density at radius 1 is 1.13 bits per heavy atom. The van der Waals surface area contributed by atoms with E-state index in [1.807, 2.05) is 6.92 Å². The summed E-state index contributed by atoms with van der Waals surface area (Å²) in [5.41, 5.74) is 0. The number of carboxylic acid groups (broad SMARTS) is 1. The van der Waals surface area contributed by atoms with Gasteiger partial charge in [-0.3, -0.25) is 4.79 Å². The molecule has 15 heavy (non-hydrogen) atoms. The molecule has 1 atom stereocenters. The van der Waals surface area contributed by atoms with Gasteiger partial charge in [-0.05, 0) is 19.3 Å². The minimum absolute atomic E-state index is 0.111. The maximum absolute atomic E-state index is 10.4. The van der Waals surface area contributed by atoms with Crippen LogP contribution < -0.4 is 0 Å². The van der Waals surface area contributed by atoms with Crippen molar-refractivity contribution in [3.63, 3.8) is 0 Å². The van der Waals surface area contributed by atoms with Crippen LogP contribution in [0.3, 0.4) is 0 Å². The first-order valence-electron chi connectivity index (χ1n) is 5.97. The fourth-order valence-corrected chi connectivity index (χ4v) is 1.11. The molecule has 2 N–H and O–H groups in total. The summed E-state index contributed by atoms with van der Waals surface area (Å²) in [5, 5.41) is 16.7. The smallest absolute Gasteiger partial charge is 0.306 e. The van der Waals surface area contributed by atoms with Crippen molar-refractivity contribution >= 4 is 5.97 Å². The Balaban J connectivity index is 0. The van der Waals surface area contributed by atoms with E-state index in [1.54, 1.807) is 0 Å². The fourth-order valence-electron chi connectivity index (χ4n) is 1.11. The molecule has 0 saturated carbocycles. The van der Waals surface area contributed by atoms with Gasteiger partial charge in [-0.25, -0.2) is 0 Å². The zero-order chi connectivity index (χ0) is 12.1. The largest absolute Gasteiger partial charge is 0.481 e. The molecule has 0 aromatic rings. The summed E-state index contributed by atoms with van der Waals surface area (Å²) in [4.78, 5) is 10.4. The molecule has 0 aliphatic rings. The lowest BCUT2D eigenvalue weighted by Crippen LogP contribution is -2.11. The van der Waals surface area contributed by atoms with Gasteiger partial charge in [0.25, 0.3) is 0 Å². The van der Waals surface area contributed by atoms with E-state index in [2.05, 4.69) is 13.8 Å². The molecule has 0 radical (unpaired) electrons. The van der Waals surface area contributed by atoms with Crippen LogP contribution in [0.1, 0.15) is 59.3 Å². The molecule has 0 aromatic heterocycles. The molecular formula is C12H26O3. The van der Waals surface area contributed by atoms with Crippen molar-refractivity contribution in [1.82, 2.24) is 0 Å². The number of hydrogen-bond donors (Lipinski definition) is 2. The van der Waals surface area contributed by atoms with Crippen molar-refractivity contribution in [1.29, 1.82) is 0 Å². The average Bonchev–Trinajstić information content (AvgIpc) is 2.20. The predicted molar refractivity (Wildman–Crippen MR) is 62.9 cm³/mol. The third-order valence-corrected chi connectivity index (χ3v) is 2.26. The van der Waals surface area contributed by atoms with E-state index in [0.29, 0.717) is 6.61 Å². The van der Waals surface area contributed by atoms with E-state index in [9.17, 15) is 4.79 Å². The summed E-state index contributed by atoms with van der Waals surface area (Å²) in [6.07, 6.45) is 5.75. The van der Waals surface area contributed by atoms with Crippen LogP contribution in [0.5, 0.6) is 0 Å². The second-order valence-electron chi connectivity index (χ2n) is 3.66. The Morgan fingerprint density at radius 2 is 1.67 bits per heavy atom. The Bertz CT molecular complexity index is 133. The van der Waals surface area contributed by atoms with Gasteiger partial charge in [-0.15, -0.1) is 0 Å². The number of aliphatic hydroxyl groups is 1. The van der Waals surface area contributed by atoms with Crippen LogP contribution in [0.25, 0.3) is 0 Å². The van der Waals surface area contributed by atoms with Gasteiger partial charge in [0, 0.05) is 6.61 Å². The van der Waals surface area contributed by atoms with Crippen molar-refractivity contribution in [2.24, 2.45) is 5.92 Å². The first-order chi connectivity index (χ1) is 7.13. The predicted octanol–water partition coefficient (Wildman–Crippen LogP) is 3.07. The third kappa shape index (κ3) is 13.4.